The van der Waals surface area contributed by atoms with Crippen LogP contribution >= 0.6 is 0 Å². The van der Waals surface area contributed by atoms with Crippen LogP contribution in [0.3, 0.4) is 0 Å². The molecule has 0 fully saturated rings. The van der Waals surface area contributed by atoms with E-state index in [1.54, 1.807) is 19.1 Å². The van der Waals surface area contributed by atoms with Crippen LogP contribution in [0.4, 0.5) is 11.4 Å². The Morgan fingerprint density at radius 3 is 2.41 bits per heavy atom. The van der Waals surface area contributed by atoms with Gasteiger partial charge in [0.1, 0.15) is 0 Å². The Bertz CT molecular complexity index is 739. The molecule has 0 aliphatic heterocycles. The minimum atomic E-state index is -0.450. The number of hydrogen-bond donors (Lipinski definition) is 0. The molecule has 0 saturated carbocycles. The number of hydrogen-bond acceptors (Lipinski definition) is 4. The molecule has 5 nitrogen and oxygen atoms in total. The van der Waals surface area contributed by atoms with E-state index in [1.807, 2.05) is 24.3 Å². The second-order valence-electron chi connectivity index (χ2n) is 4.73. The Morgan fingerprint density at radius 1 is 1.18 bits per heavy atom. The molecule has 0 saturated heterocycles. The number of Topliss-reactive ketones (excluding diaryl/α,β-unsaturated/α-hetero) is 1. The fourth-order valence-corrected chi connectivity index (χ4v) is 2.62. The summed E-state index contributed by atoms with van der Waals surface area (Å²) in [6, 6.07) is 13.5. The van der Waals surface area contributed by atoms with Crippen molar-refractivity contribution in [1.29, 1.82) is 0 Å². The van der Waals surface area contributed by atoms with Crippen LogP contribution in [0.15, 0.2) is 53.5 Å². The van der Waals surface area contributed by atoms with Crippen LogP contribution in [0.1, 0.15) is 18.1 Å². The van der Waals surface area contributed by atoms with Gasteiger partial charge >= 0.3 is 136 Å². The summed E-state index contributed by atoms with van der Waals surface area (Å²) >= 11 is 2.90. The third-order valence-electron chi connectivity index (χ3n) is 2.98. The average molecular weight is 360 g/mol. The van der Waals surface area contributed by atoms with Crippen molar-refractivity contribution >= 4 is 37.8 Å². The van der Waals surface area contributed by atoms with Crippen LogP contribution in [0.5, 0.6) is 0 Å². The molecule has 0 amide bonds. The number of nitro benzene ring substituents is 1. The van der Waals surface area contributed by atoms with E-state index < -0.39 is 4.92 Å². The van der Waals surface area contributed by atoms with Gasteiger partial charge in [0, 0.05) is 0 Å². The summed E-state index contributed by atoms with van der Waals surface area (Å²) in [5.74, 6) is 0.0792. The number of benzene rings is 2. The number of ketones is 1. The van der Waals surface area contributed by atoms with Gasteiger partial charge in [0.25, 0.3) is 0 Å². The van der Waals surface area contributed by atoms with Gasteiger partial charge in [-0.05, 0) is 0 Å². The van der Waals surface area contributed by atoms with E-state index in [2.05, 4.69) is 21.0 Å². The van der Waals surface area contributed by atoms with Crippen LogP contribution in [0, 0.1) is 10.1 Å². The molecule has 6 heteroatoms. The summed E-state index contributed by atoms with van der Waals surface area (Å²) in [4.78, 5) is 25.9. The number of carbonyl (C=O) groups is 1. The van der Waals surface area contributed by atoms with Gasteiger partial charge in [0.15, 0.2) is 0 Å². The summed E-state index contributed by atoms with van der Waals surface area (Å²) in [5, 5.41) is 10.6. The molecule has 2 aromatic carbocycles. The van der Waals surface area contributed by atoms with Gasteiger partial charge in [-0.15, -0.1) is 0 Å². The first-order chi connectivity index (χ1) is 10.5. The maximum atomic E-state index is 11.3. The quantitative estimate of drug-likeness (QED) is 0.356. The zero-order valence-electron chi connectivity index (χ0n) is 11.9. The van der Waals surface area contributed by atoms with E-state index in [-0.39, 0.29) is 11.5 Å². The van der Waals surface area contributed by atoms with Gasteiger partial charge in [-0.1, -0.05) is 0 Å². The van der Waals surface area contributed by atoms with Crippen LogP contribution in [0.2, 0.25) is 0 Å². The van der Waals surface area contributed by atoms with Crippen molar-refractivity contribution in [3.63, 3.8) is 0 Å². The Morgan fingerprint density at radius 2 is 1.82 bits per heavy atom. The predicted molar refractivity (Wildman–Crippen MR) is 85.9 cm³/mol. The Kier molecular flexibility index (Phi) is 5.20. The second kappa shape index (κ2) is 7.11. The van der Waals surface area contributed by atoms with E-state index >= 15 is 0 Å². The molecule has 0 aliphatic carbocycles. The number of non-ortho nitro benzene ring substituents is 1. The number of nitrogens with zero attached hydrogens (tertiary/aromatic N) is 2. The van der Waals surface area contributed by atoms with Gasteiger partial charge < -0.3 is 0 Å². The SMILES string of the molecule is CC(=O)Cc1ccccc1C([Se])=Nc1ccc([N+](=O)[O-])cc1. The molecule has 0 heterocycles. The second-order valence-corrected chi connectivity index (χ2v) is 5.54. The van der Waals surface area contributed by atoms with E-state index in [0.29, 0.717) is 16.7 Å². The van der Waals surface area contributed by atoms with E-state index in [4.69, 9.17) is 0 Å². The fourth-order valence-electron chi connectivity index (χ4n) is 1.98. The van der Waals surface area contributed by atoms with Crippen LogP contribution in [0.25, 0.3) is 0 Å². The monoisotopic (exact) mass is 361 g/mol. The molecule has 0 N–H and O–H groups in total. The standard InChI is InChI=1S/C16H13N2O3Se/c1-11(19)10-12-4-2-3-5-15(12)16(22)17-13-6-8-14(9-7-13)18(20)21/h2-9H,10H2,1H3. The first kappa shape index (κ1) is 16.1. The molecule has 2 rings (SSSR count). The van der Waals surface area contributed by atoms with Crippen molar-refractivity contribution in [2.45, 2.75) is 13.3 Å². The zero-order chi connectivity index (χ0) is 16.1. The first-order valence-corrected chi connectivity index (χ1v) is 7.41. The van der Waals surface area contributed by atoms with E-state index in [9.17, 15) is 14.9 Å². The van der Waals surface area contributed by atoms with Gasteiger partial charge in [-0.25, -0.2) is 0 Å². The topological polar surface area (TPSA) is 72.6 Å². The molecule has 1 radical (unpaired) electrons. The van der Waals surface area contributed by atoms with Crippen LogP contribution in [-0.2, 0) is 11.2 Å². The molecule has 0 aromatic heterocycles. The number of nitro groups is 1. The van der Waals surface area contributed by atoms with Crippen LogP contribution in [-0.4, -0.2) is 31.3 Å². The third-order valence-corrected chi connectivity index (χ3v) is 3.63. The predicted octanol–water partition coefficient (Wildman–Crippen LogP) is 2.97. The molecule has 2 aromatic rings. The molecule has 0 aliphatic rings. The summed E-state index contributed by atoms with van der Waals surface area (Å²) in [5.41, 5.74) is 2.39. The fraction of sp³-hybridized carbons (Fsp3) is 0.125. The Labute approximate surface area is 136 Å². The molecule has 0 spiro atoms. The number of rotatable bonds is 5. The van der Waals surface area contributed by atoms with Gasteiger partial charge in [-0.2, -0.15) is 0 Å². The van der Waals surface area contributed by atoms with Crippen molar-refractivity contribution in [2.24, 2.45) is 4.99 Å². The van der Waals surface area contributed by atoms with Gasteiger partial charge in [-0.3, -0.25) is 0 Å². The molecule has 0 bridgehead atoms. The number of aliphatic imine (C=N–C) groups is 1. The summed E-state index contributed by atoms with van der Waals surface area (Å²) in [7, 11) is 0. The molecule has 0 unspecified atom stereocenters. The van der Waals surface area contributed by atoms with Crippen molar-refractivity contribution in [2.75, 3.05) is 0 Å². The third kappa shape index (κ3) is 4.10. The van der Waals surface area contributed by atoms with Gasteiger partial charge in [0.2, 0.25) is 0 Å². The summed E-state index contributed by atoms with van der Waals surface area (Å²) in [6.45, 7) is 1.54. The van der Waals surface area contributed by atoms with Crippen molar-refractivity contribution in [3.8, 4) is 0 Å². The maximum absolute atomic E-state index is 11.3. The van der Waals surface area contributed by atoms with Gasteiger partial charge in [0.05, 0.1) is 0 Å². The molecule has 0 atom stereocenters. The number of carbonyl (C=O) groups excluding carboxylic acids is 1. The average Bonchev–Trinajstić information content (AvgIpc) is 2.47. The van der Waals surface area contributed by atoms with E-state index in [0.717, 1.165) is 11.1 Å². The Hall–Kier alpha value is -2.30. The zero-order valence-corrected chi connectivity index (χ0v) is 13.6. The van der Waals surface area contributed by atoms with Crippen molar-refractivity contribution in [3.05, 3.63) is 69.8 Å². The molecular formula is C16H13N2O3Se. The van der Waals surface area contributed by atoms with E-state index in [1.165, 1.54) is 12.1 Å². The molecule has 22 heavy (non-hydrogen) atoms. The molecular weight excluding hydrogens is 347 g/mol. The Balaban J connectivity index is 2.32. The summed E-state index contributed by atoms with van der Waals surface area (Å²) in [6.07, 6.45) is 0.344. The van der Waals surface area contributed by atoms with Crippen LogP contribution < -0.4 is 0 Å². The van der Waals surface area contributed by atoms with Crippen molar-refractivity contribution in [1.82, 2.24) is 0 Å². The first-order valence-electron chi connectivity index (χ1n) is 6.55. The minimum absolute atomic E-state index is 0.0255. The van der Waals surface area contributed by atoms with Crippen molar-refractivity contribution < 1.29 is 9.72 Å². The normalized spacial score (nSPS) is 11.2. The summed E-state index contributed by atoms with van der Waals surface area (Å²) < 4.78 is 0.644. The molecule has 111 valence electrons.